The molecule has 142 valence electrons. The van der Waals surface area contributed by atoms with Crippen LogP contribution in [0.5, 0.6) is 0 Å². The van der Waals surface area contributed by atoms with E-state index in [0.717, 1.165) is 4.31 Å². The summed E-state index contributed by atoms with van der Waals surface area (Å²) in [6.45, 7) is 5.20. The highest BCUT2D eigenvalue weighted by Gasteiger charge is 2.42. The molecule has 1 atom stereocenters. The number of hydrogen-bond acceptors (Lipinski definition) is 8. The zero-order valence-corrected chi connectivity index (χ0v) is 18.2. The van der Waals surface area contributed by atoms with E-state index in [-0.39, 0.29) is 0 Å². The summed E-state index contributed by atoms with van der Waals surface area (Å²) in [4.78, 5) is 16.8. The molecule has 0 aromatic heterocycles. The lowest BCUT2D eigenvalue weighted by Crippen LogP contribution is -2.44. The Labute approximate surface area is 156 Å². The number of carbonyl (C=O) groups is 1. The van der Waals surface area contributed by atoms with Crippen LogP contribution < -0.4 is 0 Å². The Morgan fingerprint density at radius 3 is 2.29 bits per heavy atom. The molecule has 0 bridgehead atoms. The van der Waals surface area contributed by atoms with E-state index >= 15 is 0 Å². The summed E-state index contributed by atoms with van der Waals surface area (Å²) >= 11 is 4.91. The van der Waals surface area contributed by atoms with E-state index in [1.807, 2.05) is 6.92 Å². The van der Waals surface area contributed by atoms with Gasteiger partial charge in [0, 0.05) is 0 Å². The second-order valence-electron chi connectivity index (χ2n) is 4.28. The predicted octanol–water partition coefficient (Wildman–Crippen LogP) is 3.34. The maximum atomic E-state index is 12.8. The highest BCUT2D eigenvalue weighted by molar-refractivity contribution is 8.13. The third kappa shape index (κ3) is 7.57. The van der Waals surface area contributed by atoms with Crippen LogP contribution in [0.3, 0.4) is 0 Å². The highest BCUT2D eigenvalue weighted by Crippen LogP contribution is 2.54. The Bertz CT molecular complexity index is 459. The quantitative estimate of drug-likeness (QED) is 0.133. The van der Waals surface area contributed by atoms with Crippen molar-refractivity contribution < 1.29 is 23.2 Å². The summed E-state index contributed by atoms with van der Waals surface area (Å²) < 4.78 is 26.3. The van der Waals surface area contributed by atoms with Gasteiger partial charge in [-0.2, -0.15) is 0 Å². The van der Waals surface area contributed by atoms with Crippen molar-refractivity contribution in [2.45, 2.75) is 34.1 Å². The van der Waals surface area contributed by atoms with Gasteiger partial charge >= 0.3 is 12.7 Å². The predicted molar refractivity (Wildman–Crippen MR) is 104 cm³/mol. The minimum Gasteiger partial charge on any atom is -0.573 e. The Morgan fingerprint density at radius 1 is 1.33 bits per heavy atom. The lowest BCUT2D eigenvalue weighted by atomic mass is 10.5. The van der Waals surface area contributed by atoms with Gasteiger partial charge < -0.3 is 13.6 Å². The molecule has 0 N–H and O–H groups in total. The summed E-state index contributed by atoms with van der Waals surface area (Å²) in [5, 5.41) is 4.21. The normalized spacial score (nSPS) is 13.9. The Morgan fingerprint density at radius 2 is 1.88 bits per heavy atom. The SMILES string of the molecule is CCCN([S+]([O-])N(C)C(=O)ON=C(C)SC)P(=S)(OCC)OCC. The molecule has 0 rings (SSSR count). The minimum absolute atomic E-state index is 0.320. The second-order valence-corrected chi connectivity index (χ2v) is 10.3. The first kappa shape index (κ1) is 24.1. The Balaban J connectivity index is 5.27. The van der Waals surface area contributed by atoms with Crippen molar-refractivity contribution in [3.8, 4) is 0 Å². The van der Waals surface area contributed by atoms with Crippen molar-refractivity contribution in [1.82, 2.24) is 8.38 Å². The monoisotopic (exact) mass is 419 g/mol. The van der Waals surface area contributed by atoms with Gasteiger partial charge in [-0.3, -0.25) is 4.84 Å². The topological polar surface area (TPSA) is 86.7 Å². The Hall–Kier alpha value is 0.130. The maximum absolute atomic E-state index is 12.8. The van der Waals surface area contributed by atoms with E-state index in [9.17, 15) is 9.35 Å². The van der Waals surface area contributed by atoms with Crippen molar-refractivity contribution in [3.63, 3.8) is 0 Å². The molecule has 12 heteroatoms. The third-order valence-corrected chi connectivity index (χ3v) is 8.83. The summed E-state index contributed by atoms with van der Waals surface area (Å²) in [7, 11) is 1.35. The number of hydrogen-bond donors (Lipinski definition) is 0. The number of amides is 1. The number of nitrogens with zero attached hydrogens (tertiary/aromatic N) is 3. The number of thioether (sulfide) groups is 1. The first-order chi connectivity index (χ1) is 11.3. The molecule has 0 spiro atoms. The molecule has 0 fully saturated rings. The van der Waals surface area contributed by atoms with Crippen LogP contribution in [0.15, 0.2) is 5.16 Å². The second kappa shape index (κ2) is 12.5. The van der Waals surface area contributed by atoms with Gasteiger partial charge in [0.05, 0.1) is 26.8 Å². The van der Waals surface area contributed by atoms with E-state index in [0.29, 0.717) is 31.2 Å². The average molecular weight is 420 g/mol. The van der Waals surface area contributed by atoms with Gasteiger partial charge in [0.25, 0.3) is 0 Å². The number of oxime groups is 1. The molecular weight excluding hydrogens is 393 g/mol. The number of carbonyl (C=O) groups excluding carboxylic acids is 1. The van der Waals surface area contributed by atoms with Gasteiger partial charge in [-0.15, -0.1) is 16.1 Å². The van der Waals surface area contributed by atoms with E-state index in [1.54, 1.807) is 27.0 Å². The summed E-state index contributed by atoms with van der Waals surface area (Å²) in [5.41, 5.74) is 0. The Kier molecular flexibility index (Phi) is 12.5. The summed E-state index contributed by atoms with van der Waals surface area (Å²) in [5.74, 6) is 0. The molecule has 0 aromatic rings. The molecule has 0 radical (unpaired) electrons. The van der Waals surface area contributed by atoms with Gasteiger partial charge in [0.1, 0.15) is 5.04 Å². The van der Waals surface area contributed by atoms with Crippen LogP contribution in [0.2, 0.25) is 0 Å². The molecule has 1 unspecified atom stereocenters. The molecule has 8 nitrogen and oxygen atoms in total. The minimum atomic E-state index is -2.96. The molecule has 0 aliphatic heterocycles. The van der Waals surface area contributed by atoms with Crippen molar-refractivity contribution in [2.75, 3.05) is 33.1 Å². The van der Waals surface area contributed by atoms with Gasteiger partial charge in [0.2, 0.25) is 0 Å². The van der Waals surface area contributed by atoms with E-state index in [4.69, 9.17) is 25.7 Å². The van der Waals surface area contributed by atoms with E-state index in [2.05, 4.69) is 5.16 Å². The summed E-state index contributed by atoms with van der Waals surface area (Å²) in [6, 6.07) is 0. The van der Waals surface area contributed by atoms with Crippen molar-refractivity contribution in [3.05, 3.63) is 0 Å². The molecular formula is C12H26N3O5PS3. The highest BCUT2D eigenvalue weighted by atomic mass is 32.5. The van der Waals surface area contributed by atoms with Crippen LogP contribution in [0.4, 0.5) is 4.79 Å². The third-order valence-electron chi connectivity index (χ3n) is 2.49. The fourth-order valence-electron chi connectivity index (χ4n) is 1.37. The van der Waals surface area contributed by atoms with E-state index in [1.165, 1.54) is 22.9 Å². The van der Waals surface area contributed by atoms with Crippen LogP contribution in [-0.2, 0) is 37.2 Å². The molecule has 1 amide bonds. The smallest absolute Gasteiger partial charge is 0.479 e. The molecule has 0 aliphatic carbocycles. The number of rotatable bonds is 10. The van der Waals surface area contributed by atoms with E-state index < -0.39 is 24.3 Å². The fourth-order valence-corrected chi connectivity index (χ4v) is 6.38. The first-order valence-corrected chi connectivity index (χ1v) is 12.3. The van der Waals surface area contributed by atoms with Crippen LogP contribution in [0.25, 0.3) is 0 Å². The largest absolute Gasteiger partial charge is 0.573 e. The average Bonchev–Trinajstić information content (AvgIpc) is 2.56. The first-order valence-electron chi connectivity index (χ1n) is 7.39. The van der Waals surface area contributed by atoms with Crippen LogP contribution >= 0.6 is 18.4 Å². The molecule has 0 aliphatic rings. The van der Waals surface area contributed by atoms with Gasteiger partial charge in [-0.05, 0) is 49.3 Å². The molecule has 0 saturated heterocycles. The van der Waals surface area contributed by atoms with Gasteiger partial charge in [0.15, 0.2) is 11.5 Å². The lowest BCUT2D eigenvalue weighted by Gasteiger charge is -2.33. The molecule has 0 aromatic carbocycles. The van der Waals surface area contributed by atoms with Crippen LogP contribution in [0, 0.1) is 0 Å². The molecule has 0 heterocycles. The lowest BCUT2D eigenvalue weighted by molar-refractivity contribution is 0.133. The summed E-state index contributed by atoms with van der Waals surface area (Å²) in [6.07, 6.45) is 1.62. The van der Waals surface area contributed by atoms with Crippen molar-refractivity contribution in [2.24, 2.45) is 5.16 Å². The molecule has 24 heavy (non-hydrogen) atoms. The standard InChI is InChI=1S/C12H26N3O5PS3/c1-7-10-15(21(22,18-8-2)19-9-3)24(17)14(5)12(16)20-13-11(4)23-6/h7-10H2,1-6H3. The van der Waals surface area contributed by atoms with Gasteiger partial charge in [-0.25, -0.2) is 4.79 Å². The van der Waals surface area contributed by atoms with Crippen LogP contribution in [0.1, 0.15) is 34.1 Å². The maximum Gasteiger partial charge on any atom is 0.479 e. The van der Waals surface area contributed by atoms with Crippen LogP contribution in [-0.4, -0.2) is 57.1 Å². The fraction of sp³-hybridized carbons (Fsp3) is 0.833. The molecule has 0 saturated carbocycles. The van der Waals surface area contributed by atoms with Crippen molar-refractivity contribution in [1.29, 1.82) is 0 Å². The zero-order valence-electron chi connectivity index (χ0n) is 14.9. The van der Waals surface area contributed by atoms with Crippen molar-refractivity contribution >= 4 is 52.9 Å². The zero-order chi connectivity index (χ0) is 18.8. The van der Waals surface area contributed by atoms with Gasteiger partial charge in [-0.1, -0.05) is 12.1 Å².